The predicted octanol–water partition coefficient (Wildman–Crippen LogP) is 1.32. The monoisotopic (exact) mass is 244 g/mol. The molecule has 0 heterocycles. The third-order valence-electron chi connectivity index (χ3n) is 2.13. The van der Waals surface area contributed by atoms with Crippen molar-refractivity contribution in [1.29, 1.82) is 0 Å². The Balaban J connectivity index is 2.64. The molecule has 0 saturated heterocycles. The number of benzene rings is 1. The number of urea groups is 1. The standard InChI is InChI=1S/C11H14F2N2O2/c1-2-14-11(17)15-6-9(16)10-7(12)4-3-5-8(10)13/h3-5,9,16H,2,6H2,1H3,(H2,14,15,17). The summed E-state index contributed by atoms with van der Waals surface area (Å²) in [6, 6.07) is 2.81. The Bertz CT molecular complexity index is 379. The summed E-state index contributed by atoms with van der Waals surface area (Å²) in [6.45, 7) is 1.90. The van der Waals surface area contributed by atoms with Gasteiger partial charge in [0.15, 0.2) is 0 Å². The topological polar surface area (TPSA) is 61.4 Å². The fraction of sp³-hybridized carbons (Fsp3) is 0.364. The SMILES string of the molecule is CCNC(=O)NCC(O)c1c(F)cccc1F. The van der Waals surface area contributed by atoms with Gasteiger partial charge in [0, 0.05) is 13.1 Å². The van der Waals surface area contributed by atoms with Crippen LogP contribution in [0.3, 0.4) is 0 Å². The third-order valence-corrected chi connectivity index (χ3v) is 2.13. The van der Waals surface area contributed by atoms with Crippen LogP contribution >= 0.6 is 0 Å². The molecule has 2 amide bonds. The molecule has 1 aromatic rings. The van der Waals surface area contributed by atoms with Gasteiger partial charge in [0.25, 0.3) is 0 Å². The number of hydrogen-bond donors (Lipinski definition) is 3. The van der Waals surface area contributed by atoms with Gasteiger partial charge in [0.05, 0.1) is 5.56 Å². The van der Waals surface area contributed by atoms with Crippen LogP contribution in [0.5, 0.6) is 0 Å². The van der Waals surface area contributed by atoms with Gasteiger partial charge in [-0.3, -0.25) is 0 Å². The molecule has 0 aliphatic heterocycles. The number of aliphatic hydroxyl groups is 1. The second-order valence-electron chi connectivity index (χ2n) is 3.39. The van der Waals surface area contributed by atoms with Crippen LogP contribution in [0.4, 0.5) is 13.6 Å². The molecule has 0 radical (unpaired) electrons. The van der Waals surface area contributed by atoms with Crippen LogP contribution < -0.4 is 10.6 Å². The van der Waals surface area contributed by atoms with Crippen molar-refractivity contribution in [2.24, 2.45) is 0 Å². The van der Waals surface area contributed by atoms with Gasteiger partial charge in [-0.2, -0.15) is 0 Å². The first kappa shape index (κ1) is 13.4. The number of hydrogen-bond acceptors (Lipinski definition) is 2. The van der Waals surface area contributed by atoms with E-state index in [1.54, 1.807) is 6.92 Å². The summed E-state index contributed by atoms with van der Waals surface area (Å²) >= 11 is 0. The van der Waals surface area contributed by atoms with Crippen molar-refractivity contribution in [3.8, 4) is 0 Å². The highest BCUT2D eigenvalue weighted by atomic mass is 19.1. The Morgan fingerprint density at radius 1 is 1.35 bits per heavy atom. The highest BCUT2D eigenvalue weighted by molar-refractivity contribution is 5.73. The third kappa shape index (κ3) is 3.67. The van der Waals surface area contributed by atoms with Crippen molar-refractivity contribution in [3.05, 3.63) is 35.4 Å². The fourth-order valence-electron chi connectivity index (χ4n) is 1.34. The summed E-state index contributed by atoms with van der Waals surface area (Å²) in [5, 5.41) is 14.3. The fourth-order valence-corrected chi connectivity index (χ4v) is 1.34. The van der Waals surface area contributed by atoms with Crippen LogP contribution in [0, 0.1) is 11.6 Å². The van der Waals surface area contributed by atoms with E-state index >= 15 is 0 Å². The van der Waals surface area contributed by atoms with Gasteiger partial charge in [0.2, 0.25) is 0 Å². The first-order valence-corrected chi connectivity index (χ1v) is 5.20. The van der Waals surface area contributed by atoms with E-state index in [1.165, 1.54) is 6.07 Å². The van der Waals surface area contributed by atoms with Crippen molar-refractivity contribution < 1.29 is 18.7 Å². The maximum atomic E-state index is 13.2. The zero-order chi connectivity index (χ0) is 12.8. The molecule has 3 N–H and O–H groups in total. The van der Waals surface area contributed by atoms with Crippen LogP contribution in [-0.2, 0) is 0 Å². The first-order chi connectivity index (χ1) is 8.06. The van der Waals surface area contributed by atoms with Gasteiger partial charge < -0.3 is 15.7 Å². The van der Waals surface area contributed by atoms with Gasteiger partial charge in [-0.1, -0.05) is 6.07 Å². The van der Waals surface area contributed by atoms with Crippen molar-refractivity contribution in [2.75, 3.05) is 13.1 Å². The molecule has 1 aromatic carbocycles. The maximum Gasteiger partial charge on any atom is 0.314 e. The Kier molecular flexibility index (Phi) is 4.84. The second kappa shape index (κ2) is 6.15. The summed E-state index contributed by atoms with van der Waals surface area (Å²) < 4.78 is 26.5. The van der Waals surface area contributed by atoms with Crippen LogP contribution in [-0.4, -0.2) is 24.2 Å². The maximum absolute atomic E-state index is 13.2. The molecule has 0 bridgehead atoms. The molecule has 4 nitrogen and oxygen atoms in total. The summed E-state index contributed by atoms with van der Waals surface area (Å²) in [7, 11) is 0. The zero-order valence-electron chi connectivity index (χ0n) is 9.34. The average molecular weight is 244 g/mol. The summed E-state index contributed by atoms with van der Waals surface area (Å²) in [4.78, 5) is 11.0. The minimum absolute atomic E-state index is 0.260. The number of carbonyl (C=O) groups is 1. The van der Waals surface area contributed by atoms with E-state index < -0.39 is 29.3 Å². The Morgan fingerprint density at radius 2 is 1.94 bits per heavy atom. The quantitative estimate of drug-likeness (QED) is 0.748. The van der Waals surface area contributed by atoms with E-state index in [0.29, 0.717) is 6.54 Å². The molecule has 0 aromatic heterocycles. The molecular formula is C11H14F2N2O2. The summed E-state index contributed by atoms with van der Waals surface area (Å²) in [6.07, 6.45) is -1.42. The highest BCUT2D eigenvalue weighted by Crippen LogP contribution is 2.19. The normalized spacial score (nSPS) is 12.0. The number of carbonyl (C=O) groups excluding carboxylic acids is 1. The lowest BCUT2D eigenvalue weighted by atomic mass is 10.1. The van der Waals surface area contributed by atoms with Crippen molar-refractivity contribution in [2.45, 2.75) is 13.0 Å². The van der Waals surface area contributed by atoms with E-state index in [2.05, 4.69) is 10.6 Å². The Morgan fingerprint density at radius 3 is 2.47 bits per heavy atom. The molecule has 17 heavy (non-hydrogen) atoms. The lowest BCUT2D eigenvalue weighted by Gasteiger charge is -2.13. The molecule has 1 rings (SSSR count). The van der Waals surface area contributed by atoms with E-state index in [-0.39, 0.29) is 6.54 Å². The molecule has 0 spiro atoms. The highest BCUT2D eigenvalue weighted by Gasteiger charge is 2.17. The van der Waals surface area contributed by atoms with Gasteiger partial charge in [-0.05, 0) is 19.1 Å². The van der Waals surface area contributed by atoms with Crippen molar-refractivity contribution in [3.63, 3.8) is 0 Å². The number of amides is 2. The number of aliphatic hydroxyl groups excluding tert-OH is 1. The van der Waals surface area contributed by atoms with Crippen molar-refractivity contribution >= 4 is 6.03 Å². The van der Waals surface area contributed by atoms with E-state index in [1.807, 2.05) is 0 Å². The molecule has 1 atom stereocenters. The zero-order valence-corrected chi connectivity index (χ0v) is 9.34. The van der Waals surface area contributed by atoms with Crippen LogP contribution in [0.15, 0.2) is 18.2 Å². The molecule has 1 unspecified atom stereocenters. The van der Waals surface area contributed by atoms with Gasteiger partial charge in [-0.15, -0.1) is 0 Å². The molecule has 0 fully saturated rings. The van der Waals surface area contributed by atoms with E-state index in [0.717, 1.165) is 12.1 Å². The predicted molar refractivity (Wildman–Crippen MR) is 58.4 cm³/mol. The van der Waals surface area contributed by atoms with Crippen LogP contribution in [0.25, 0.3) is 0 Å². The number of halogens is 2. The number of nitrogens with one attached hydrogen (secondary N) is 2. The minimum atomic E-state index is -1.42. The van der Waals surface area contributed by atoms with Gasteiger partial charge >= 0.3 is 6.03 Å². The molecule has 0 saturated carbocycles. The van der Waals surface area contributed by atoms with Crippen LogP contribution in [0.1, 0.15) is 18.6 Å². The molecule has 0 aliphatic carbocycles. The molecular weight excluding hydrogens is 230 g/mol. The summed E-state index contributed by atoms with van der Waals surface area (Å²) in [5.41, 5.74) is -0.440. The largest absolute Gasteiger partial charge is 0.386 e. The van der Waals surface area contributed by atoms with Gasteiger partial charge in [0.1, 0.15) is 17.7 Å². The molecule has 6 heteroatoms. The lowest BCUT2D eigenvalue weighted by Crippen LogP contribution is -2.37. The first-order valence-electron chi connectivity index (χ1n) is 5.20. The Labute approximate surface area is 97.6 Å². The smallest absolute Gasteiger partial charge is 0.314 e. The minimum Gasteiger partial charge on any atom is -0.386 e. The van der Waals surface area contributed by atoms with E-state index in [4.69, 9.17) is 0 Å². The summed E-state index contributed by atoms with van der Waals surface area (Å²) in [5.74, 6) is -1.68. The molecule has 94 valence electrons. The molecule has 0 aliphatic rings. The average Bonchev–Trinajstić information content (AvgIpc) is 2.26. The van der Waals surface area contributed by atoms with E-state index in [9.17, 15) is 18.7 Å². The number of rotatable bonds is 4. The van der Waals surface area contributed by atoms with Crippen LogP contribution in [0.2, 0.25) is 0 Å². The Hall–Kier alpha value is -1.69. The van der Waals surface area contributed by atoms with Gasteiger partial charge in [-0.25, -0.2) is 13.6 Å². The van der Waals surface area contributed by atoms with Crippen molar-refractivity contribution in [1.82, 2.24) is 10.6 Å². The second-order valence-corrected chi connectivity index (χ2v) is 3.39. The lowest BCUT2D eigenvalue weighted by molar-refractivity contribution is 0.164.